The van der Waals surface area contributed by atoms with Gasteiger partial charge >= 0.3 is 0 Å². The Hall–Kier alpha value is -3.42. The number of benzene rings is 1. The molecule has 1 saturated carbocycles. The quantitative estimate of drug-likeness (QED) is 0.485. The van der Waals surface area contributed by atoms with E-state index in [1.165, 1.54) is 44.7 Å². The summed E-state index contributed by atoms with van der Waals surface area (Å²) < 4.78 is 0. The van der Waals surface area contributed by atoms with Crippen molar-refractivity contribution >= 4 is 34.9 Å². The van der Waals surface area contributed by atoms with E-state index in [-0.39, 0.29) is 5.91 Å². The van der Waals surface area contributed by atoms with E-state index in [9.17, 15) is 4.79 Å². The molecule has 1 aliphatic rings. The lowest BCUT2D eigenvalue weighted by atomic mass is 9.87. The van der Waals surface area contributed by atoms with Crippen LogP contribution in [0.1, 0.15) is 50.6 Å². The van der Waals surface area contributed by atoms with Gasteiger partial charge in [0.2, 0.25) is 11.9 Å². The molecule has 8 nitrogen and oxygen atoms in total. The molecule has 4 N–H and O–H groups in total. The Morgan fingerprint density at radius 2 is 1.76 bits per heavy atom. The number of nitrogens with one attached hydrogen (secondary N) is 4. The predicted octanol–water partition coefficient (Wildman–Crippen LogP) is 4.69. The van der Waals surface area contributed by atoms with E-state index in [1.807, 2.05) is 24.3 Å². The molecule has 0 spiro atoms. The standard InChI is InChI=1S/C21H25N7O/c1-14(29)23-16-7-9-17(10-8-16)24-21-22-12-11-19(26-21)25-20-13-18(27-28-20)15-5-3-2-4-6-15/h7-13,15H,2-6H2,1H3,(H,23,29)(H3,22,24,25,26,27,28). The highest BCUT2D eigenvalue weighted by molar-refractivity contribution is 5.88. The minimum absolute atomic E-state index is 0.0992. The van der Waals surface area contributed by atoms with Crippen LogP contribution in [0.15, 0.2) is 42.6 Å². The molecule has 4 rings (SSSR count). The molecule has 1 amide bonds. The fraction of sp³-hybridized carbons (Fsp3) is 0.333. The number of amides is 1. The number of aromatic amines is 1. The zero-order valence-corrected chi connectivity index (χ0v) is 16.4. The smallest absolute Gasteiger partial charge is 0.229 e. The molecule has 0 bridgehead atoms. The Labute approximate surface area is 169 Å². The zero-order chi connectivity index (χ0) is 20.1. The second-order valence-electron chi connectivity index (χ2n) is 7.32. The van der Waals surface area contributed by atoms with Crippen LogP contribution in [-0.2, 0) is 4.79 Å². The fourth-order valence-electron chi connectivity index (χ4n) is 3.61. The van der Waals surface area contributed by atoms with Crippen molar-refractivity contribution in [1.29, 1.82) is 0 Å². The van der Waals surface area contributed by atoms with Gasteiger partial charge in [0.05, 0.1) is 0 Å². The topological polar surface area (TPSA) is 108 Å². The molecule has 150 valence electrons. The highest BCUT2D eigenvalue weighted by atomic mass is 16.1. The van der Waals surface area contributed by atoms with Crippen LogP contribution in [-0.4, -0.2) is 26.1 Å². The maximum absolute atomic E-state index is 11.1. The number of aromatic nitrogens is 4. The summed E-state index contributed by atoms with van der Waals surface area (Å²) in [5.74, 6) is 2.38. The van der Waals surface area contributed by atoms with Crippen LogP contribution in [0.3, 0.4) is 0 Å². The van der Waals surface area contributed by atoms with Crippen LogP contribution >= 0.6 is 0 Å². The van der Waals surface area contributed by atoms with Gasteiger partial charge in [0.25, 0.3) is 0 Å². The highest BCUT2D eigenvalue weighted by Crippen LogP contribution is 2.32. The Morgan fingerprint density at radius 3 is 2.52 bits per heavy atom. The minimum atomic E-state index is -0.0992. The van der Waals surface area contributed by atoms with Gasteiger partial charge in [-0.3, -0.25) is 9.89 Å². The first-order valence-corrected chi connectivity index (χ1v) is 9.96. The van der Waals surface area contributed by atoms with E-state index in [4.69, 9.17) is 0 Å². The Kier molecular flexibility index (Phi) is 5.69. The summed E-state index contributed by atoms with van der Waals surface area (Å²) in [5, 5.41) is 16.7. The van der Waals surface area contributed by atoms with Gasteiger partial charge in [0.1, 0.15) is 5.82 Å². The van der Waals surface area contributed by atoms with Crippen LogP contribution in [0.4, 0.5) is 29.0 Å². The Balaban J connectivity index is 1.40. The molecule has 0 atom stereocenters. The second-order valence-corrected chi connectivity index (χ2v) is 7.32. The van der Waals surface area contributed by atoms with E-state index < -0.39 is 0 Å². The van der Waals surface area contributed by atoms with Gasteiger partial charge in [0, 0.05) is 42.2 Å². The van der Waals surface area contributed by atoms with Gasteiger partial charge in [-0.1, -0.05) is 19.3 Å². The summed E-state index contributed by atoms with van der Waals surface area (Å²) in [6.07, 6.45) is 8.06. The number of carbonyl (C=O) groups excluding carboxylic acids is 1. The third-order valence-corrected chi connectivity index (χ3v) is 5.02. The molecule has 3 aromatic rings. The number of carbonyl (C=O) groups is 1. The molecule has 2 heterocycles. The Bertz CT molecular complexity index is 961. The summed E-state index contributed by atoms with van der Waals surface area (Å²) in [5.41, 5.74) is 2.76. The number of anilines is 5. The van der Waals surface area contributed by atoms with Gasteiger partial charge in [-0.2, -0.15) is 10.1 Å². The molecular weight excluding hydrogens is 366 g/mol. The predicted molar refractivity (Wildman–Crippen MR) is 114 cm³/mol. The first-order valence-electron chi connectivity index (χ1n) is 9.96. The Morgan fingerprint density at radius 1 is 1.00 bits per heavy atom. The summed E-state index contributed by atoms with van der Waals surface area (Å²) in [6.45, 7) is 1.48. The summed E-state index contributed by atoms with van der Waals surface area (Å²) >= 11 is 0. The summed E-state index contributed by atoms with van der Waals surface area (Å²) in [4.78, 5) is 19.9. The van der Waals surface area contributed by atoms with Gasteiger partial charge in [-0.05, 0) is 43.2 Å². The van der Waals surface area contributed by atoms with Crippen molar-refractivity contribution in [1.82, 2.24) is 20.2 Å². The number of rotatable bonds is 6. The molecule has 0 unspecified atom stereocenters. The van der Waals surface area contributed by atoms with E-state index in [0.717, 1.165) is 17.2 Å². The third kappa shape index (κ3) is 5.10. The van der Waals surface area contributed by atoms with Crippen LogP contribution in [0, 0.1) is 0 Å². The molecule has 2 aromatic heterocycles. The number of nitrogens with zero attached hydrogens (tertiary/aromatic N) is 3. The lowest BCUT2D eigenvalue weighted by molar-refractivity contribution is -0.114. The minimum Gasteiger partial charge on any atom is -0.326 e. The summed E-state index contributed by atoms with van der Waals surface area (Å²) in [7, 11) is 0. The normalized spacial score (nSPS) is 14.4. The fourth-order valence-corrected chi connectivity index (χ4v) is 3.61. The molecular formula is C21H25N7O. The maximum Gasteiger partial charge on any atom is 0.229 e. The molecule has 1 aromatic carbocycles. The van der Waals surface area contributed by atoms with Crippen LogP contribution in [0.25, 0.3) is 0 Å². The molecule has 0 radical (unpaired) electrons. The van der Waals surface area contributed by atoms with E-state index in [0.29, 0.717) is 17.7 Å². The largest absolute Gasteiger partial charge is 0.326 e. The monoisotopic (exact) mass is 391 g/mol. The van der Waals surface area contributed by atoms with Crippen molar-refractivity contribution in [2.24, 2.45) is 0 Å². The molecule has 8 heteroatoms. The average Bonchev–Trinajstić information content (AvgIpc) is 3.19. The molecule has 0 aliphatic heterocycles. The third-order valence-electron chi connectivity index (χ3n) is 5.02. The molecule has 0 saturated heterocycles. The summed E-state index contributed by atoms with van der Waals surface area (Å²) in [6, 6.07) is 11.2. The van der Waals surface area contributed by atoms with Gasteiger partial charge < -0.3 is 16.0 Å². The SMILES string of the molecule is CC(=O)Nc1ccc(Nc2nccc(Nc3cc(C4CCCCC4)[nH]n3)n2)cc1. The van der Waals surface area contributed by atoms with Crippen molar-refractivity contribution in [2.75, 3.05) is 16.0 Å². The zero-order valence-electron chi connectivity index (χ0n) is 16.4. The van der Waals surface area contributed by atoms with Crippen LogP contribution < -0.4 is 16.0 Å². The molecule has 1 fully saturated rings. The number of hydrogen-bond acceptors (Lipinski definition) is 6. The molecule has 1 aliphatic carbocycles. The van der Waals surface area contributed by atoms with Gasteiger partial charge in [-0.25, -0.2) is 4.98 Å². The number of H-pyrrole nitrogens is 1. The van der Waals surface area contributed by atoms with Gasteiger partial charge in [-0.15, -0.1) is 0 Å². The first kappa shape index (κ1) is 18.9. The van der Waals surface area contributed by atoms with Crippen LogP contribution in [0.2, 0.25) is 0 Å². The second kappa shape index (κ2) is 8.72. The van der Waals surface area contributed by atoms with Crippen LogP contribution in [0.5, 0.6) is 0 Å². The van der Waals surface area contributed by atoms with Crippen molar-refractivity contribution in [3.05, 3.63) is 48.3 Å². The maximum atomic E-state index is 11.1. The lowest BCUT2D eigenvalue weighted by Gasteiger charge is -2.19. The van der Waals surface area contributed by atoms with Crippen molar-refractivity contribution < 1.29 is 4.79 Å². The number of hydrogen-bond donors (Lipinski definition) is 4. The molecule has 29 heavy (non-hydrogen) atoms. The lowest BCUT2D eigenvalue weighted by Crippen LogP contribution is -2.05. The van der Waals surface area contributed by atoms with E-state index in [1.54, 1.807) is 12.3 Å². The first-order chi connectivity index (χ1) is 14.2. The van der Waals surface area contributed by atoms with Crippen molar-refractivity contribution in [3.8, 4) is 0 Å². The highest BCUT2D eigenvalue weighted by Gasteiger charge is 2.17. The van der Waals surface area contributed by atoms with Crippen molar-refractivity contribution in [2.45, 2.75) is 44.9 Å². The van der Waals surface area contributed by atoms with E-state index >= 15 is 0 Å². The van der Waals surface area contributed by atoms with Gasteiger partial charge in [0.15, 0.2) is 5.82 Å². The van der Waals surface area contributed by atoms with E-state index in [2.05, 4.69) is 42.2 Å². The average molecular weight is 391 g/mol. The van der Waals surface area contributed by atoms with Crippen molar-refractivity contribution in [3.63, 3.8) is 0 Å².